The minimum Gasteiger partial charge on any atom is -0.497 e. The fraction of sp³-hybridized carbons (Fsp3) is 0.0526. The predicted molar refractivity (Wildman–Crippen MR) is 92.2 cm³/mol. The Balaban J connectivity index is 2.00. The molecule has 0 saturated heterocycles. The first-order chi connectivity index (χ1) is 11.7. The number of carbonyl (C=O) groups excluding carboxylic acids is 1. The van der Waals surface area contributed by atoms with E-state index in [2.05, 4.69) is 4.98 Å². The molecule has 0 bridgehead atoms. The second-order valence-corrected chi connectivity index (χ2v) is 5.40. The van der Waals surface area contributed by atoms with E-state index in [1.54, 1.807) is 67.9 Å². The Morgan fingerprint density at radius 3 is 2.50 bits per heavy atom. The van der Waals surface area contributed by atoms with Crippen LogP contribution in [0.3, 0.4) is 0 Å². The van der Waals surface area contributed by atoms with Crippen LogP contribution in [0.25, 0.3) is 0 Å². The largest absolute Gasteiger partial charge is 0.497 e. The third-order valence-corrected chi connectivity index (χ3v) is 3.64. The molecule has 0 saturated carbocycles. The highest BCUT2D eigenvalue weighted by atomic mass is 35.5. The van der Waals surface area contributed by atoms with Crippen LogP contribution in [0.15, 0.2) is 66.9 Å². The summed E-state index contributed by atoms with van der Waals surface area (Å²) in [6.45, 7) is 0. The van der Waals surface area contributed by atoms with Gasteiger partial charge in [0.1, 0.15) is 11.5 Å². The summed E-state index contributed by atoms with van der Waals surface area (Å²) in [5.41, 5.74) is 0.904. The van der Waals surface area contributed by atoms with E-state index in [-0.39, 0.29) is 5.78 Å². The molecule has 0 aliphatic carbocycles. The molecule has 0 aliphatic rings. The summed E-state index contributed by atoms with van der Waals surface area (Å²) in [4.78, 5) is 17.0. The summed E-state index contributed by atoms with van der Waals surface area (Å²) in [7, 11) is 1.55. The number of halogens is 1. The molecule has 0 fully saturated rings. The topological polar surface area (TPSA) is 48.4 Å². The lowest BCUT2D eigenvalue weighted by Crippen LogP contribution is -2.04. The van der Waals surface area contributed by atoms with E-state index in [4.69, 9.17) is 21.1 Å². The van der Waals surface area contributed by atoms with Crippen molar-refractivity contribution in [2.75, 3.05) is 7.11 Å². The first-order valence-corrected chi connectivity index (χ1v) is 7.62. The van der Waals surface area contributed by atoms with E-state index in [0.717, 1.165) is 0 Å². The number of hydrogen-bond acceptors (Lipinski definition) is 4. The van der Waals surface area contributed by atoms with E-state index in [1.807, 2.05) is 6.07 Å². The first kappa shape index (κ1) is 16.0. The van der Waals surface area contributed by atoms with Crippen molar-refractivity contribution in [3.05, 3.63) is 83.0 Å². The van der Waals surface area contributed by atoms with Crippen molar-refractivity contribution in [1.29, 1.82) is 0 Å². The summed E-state index contributed by atoms with van der Waals surface area (Å²) in [6, 6.07) is 17.1. The van der Waals surface area contributed by atoms with Gasteiger partial charge in [-0.05, 0) is 48.5 Å². The standard InChI is InChI=1S/C19H14ClNO3/c1-23-15-9-10-17(24-18-4-2-3-11-21-18)16(12-15)19(22)13-5-7-14(20)8-6-13/h2-12H,1H3. The van der Waals surface area contributed by atoms with Crippen LogP contribution in [0.4, 0.5) is 0 Å². The molecule has 0 radical (unpaired) electrons. The van der Waals surface area contributed by atoms with E-state index in [1.165, 1.54) is 0 Å². The lowest BCUT2D eigenvalue weighted by Gasteiger charge is -2.11. The monoisotopic (exact) mass is 339 g/mol. The minimum absolute atomic E-state index is 0.184. The average Bonchev–Trinajstić information content (AvgIpc) is 2.63. The molecule has 0 N–H and O–H groups in total. The zero-order chi connectivity index (χ0) is 16.9. The number of rotatable bonds is 5. The van der Waals surface area contributed by atoms with Gasteiger partial charge in [-0.3, -0.25) is 4.79 Å². The van der Waals surface area contributed by atoms with E-state index in [9.17, 15) is 4.79 Å². The maximum Gasteiger partial charge on any atom is 0.219 e. The molecule has 3 rings (SSSR count). The summed E-state index contributed by atoms with van der Waals surface area (Å²) < 4.78 is 11.0. The summed E-state index contributed by atoms with van der Waals surface area (Å²) >= 11 is 5.88. The number of nitrogens with zero attached hydrogens (tertiary/aromatic N) is 1. The van der Waals surface area contributed by atoms with Crippen LogP contribution in [0.5, 0.6) is 17.4 Å². The number of aromatic nitrogens is 1. The molecular weight excluding hydrogens is 326 g/mol. The van der Waals surface area contributed by atoms with Gasteiger partial charge in [0.2, 0.25) is 5.88 Å². The van der Waals surface area contributed by atoms with Crippen LogP contribution in [-0.4, -0.2) is 17.9 Å². The van der Waals surface area contributed by atoms with Crippen molar-refractivity contribution < 1.29 is 14.3 Å². The van der Waals surface area contributed by atoms with E-state index >= 15 is 0 Å². The number of carbonyl (C=O) groups is 1. The summed E-state index contributed by atoms with van der Waals surface area (Å²) in [5, 5.41) is 0.571. The van der Waals surface area contributed by atoms with Crippen molar-refractivity contribution >= 4 is 17.4 Å². The third-order valence-electron chi connectivity index (χ3n) is 3.39. The molecule has 3 aromatic rings. The summed E-state index contributed by atoms with van der Waals surface area (Å²) in [6.07, 6.45) is 1.62. The molecule has 0 aliphatic heterocycles. The van der Waals surface area contributed by atoms with E-state index in [0.29, 0.717) is 33.5 Å². The number of methoxy groups -OCH3 is 1. The molecule has 2 aromatic carbocycles. The molecule has 0 atom stereocenters. The van der Waals surface area contributed by atoms with Gasteiger partial charge in [-0.15, -0.1) is 0 Å². The van der Waals surface area contributed by atoms with Crippen LogP contribution in [0.2, 0.25) is 5.02 Å². The Hall–Kier alpha value is -2.85. The molecule has 1 heterocycles. The molecule has 0 unspecified atom stereocenters. The lowest BCUT2D eigenvalue weighted by atomic mass is 10.0. The molecule has 4 nitrogen and oxygen atoms in total. The maximum absolute atomic E-state index is 12.8. The fourth-order valence-electron chi connectivity index (χ4n) is 2.18. The van der Waals surface area contributed by atoms with Crippen LogP contribution < -0.4 is 9.47 Å². The molecule has 0 spiro atoms. The Morgan fingerprint density at radius 1 is 1.04 bits per heavy atom. The van der Waals surface area contributed by atoms with Gasteiger partial charge in [0.05, 0.1) is 12.7 Å². The highest BCUT2D eigenvalue weighted by Crippen LogP contribution is 2.30. The number of benzene rings is 2. The second kappa shape index (κ2) is 7.15. The van der Waals surface area contributed by atoms with E-state index < -0.39 is 0 Å². The van der Waals surface area contributed by atoms with Gasteiger partial charge < -0.3 is 9.47 Å². The molecule has 120 valence electrons. The fourth-order valence-corrected chi connectivity index (χ4v) is 2.31. The Morgan fingerprint density at radius 2 is 1.83 bits per heavy atom. The molecular formula is C19H14ClNO3. The van der Waals surface area contributed by atoms with Crippen molar-refractivity contribution in [2.45, 2.75) is 0 Å². The zero-order valence-corrected chi connectivity index (χ0v) is 13.7. The van der Waals surface area contributed by atoms with Gasteiger partial charge in [-0.2, -0.15) is 0 Å². The Labute approximate surface area is 144 Å². The Bertz CT molecular complexity index is 848. The SMILES string of the molecule is COc1ccc(Oc2ccccn2)c(C(=O)c2ccc(Cl)cc2)c1. The first-order valence-electron chi connectivity index (χ1n) is 7.24. The average molecular weight is 340 g/mol. The van der Waals surface area contributed by atoms with Gasteiger partial charge in [-0.1, -0.05) is 17.7 Å². The molecule has 24 heavy (non-hydrogen) atoms. The van der Waals surface area contributed by atoms with Gasteiger partial charge in [0, 0.05) is 22.8 Å². The van der Waals surface area contributed by atoms with Crippen molar-refractivity contribution in [3.8, 4) is 17.4 Å². The lowest BCUT2D eigenvalue weighted by molar-refractivity contribution is 0.103. The van der Waals surface area contributed by atoms with Crippen molar-refractivity contribution in [3.63, 3.8) is 0 Å². The minimum atomic E-state index is -0.184. The number of ether oxygens (including phenoxy) is 2. The second-order valence-electron chi connectivity index (χ2n) is 4.97. The van der Waals surface area contributed by atoms with Crippen LogP contribution in [0, 0.1) is 0 Å². The quantitative estimate of drug-likeness (QED) is 0.628. The number of hydrogen-bond donors (Lipinski definition) is 0. The molecule has 0 amide bonds. The zero-order valence-electron chi connectivity index (χ0n) is 12.9. The normalized spacial score (nSPS) is 10.2. The van der Waals surface area contributed by atoms with Gasteiger partial charge in [-0.25, -0.2) is 4.98 Å². The Kier molecular flexibility index (Phi) is 4.77. The molecule has 5 heteroatoms. The van der Waals surface area contributed by atoms with Gasteiger partial charge in [0.15, 0.2) is 5.78 Å². The van der Waals surface area contributed by atoms with Crippen molar-refractivity contribution in [2.24, 2.45) is 0 Å². The van der Waals surface area contributed by atoms with Crippen LogP contribution in [-0.2, 0) is 0 Å². The van der Waals surface area contributed by atoms with Crippen molar-refractivity contribution in [1.82, 2.24) is 4.98 Å². The van der Waals surface area contributed by atoms with Crippen LogP contribution >= 0.6 is 11.6 Å². The smallest absolute Gasteiger partial charge is 0.219 e. The summed E-state index contributed by atoms with van der Waals surface area (Å²) in [5.74, 6) is 1.21. The number of pyridine rings is 1. The van der Waals surface area contributed by atoms with Gasteiger partial charge >= 0.3 is 0 Å². The highest BCUT2D eigenvalue weighted by molar-refractivity contribution is 6.30. The predicted octanol–water partition coefficient (Wildman–Crippen LogP) is 4.77. The van der Waals surface area contributed by atoms with Gasteiger partial charge in [0.25, 0.3) is 0 Å². The van der Waals surface area contributed by atoms with Crippen LogP contribution in [0.1, 0.15) is 15.9 Å². The maximum atomic E-state index is 12.8. The number of ketones is 1. The molecule has 1 aromatic heterocycles. The highest BCUT2D eigenvalue weighted by Gasteiger charge is 2.17. The third kappa shape index (κ3) is 3.55.